The first-order valence-corrected chi connectivity index (χ1v) is 22.4. The van der Waals surface area contributed by atoms with Crippen LogP contribution >= 0.6 is 0 Å². The van der Waals surface area contributed by atoms with E-state index in [1.165, 1.54) is 57.8 Å². The summed E-state index contributed by atoms with van der Waals surface area (Å²) in [6.07, 6.45) is 53.3. The Labute approximate surface area is 338 Å². The monoisotopic (exact) mass is 767 g/mol. The second-order valence-electron chi connectivity index (χ2n) is 14.6. The number of ether oxygens (including phenoxy) is 3. The summed E-state index contributed by atoms with van der Waals surface area (Å²) < 4.78 is 16.6. The van der Waals surface area contributed by atoms with Crippen molar-refractivity contribution < 1.29 is 28.6 Å². The molecule has 0 aromatic carbocycles. The average Bonchev–Trinajstić information content (AvgIpc) is 3.18. The molecule has 0 aromatic heterocycles. The maximum atomic E-state index is 12.7. The summed E-state index contributed by atoms with van der Waals surface area (Å²) >= 11 is 0. The molecule has 0 saturated carbocycles. The molecule has 0 aliphatic rings. The molecule has 0 radical (unpaired) electrons. The van der Waals surface area contributed by atoms with Gasteiger partial charge in [0.15, 0.2) is 6.10 Å². The van der Waals surface area contributed by atoms with Crippen molar-refractivity contribution in [2.24, 2.45) is 0 Å². The highest BCUT2D eigenvalue weighted by molar-refractivity contribution is 5.71. The summed E-state index contributed by atoms with van der Waals surface area (Å²) in [5, 5.41) is 0. The lowest BCUT2D eigenvalue weighted by Crippen LogP contribution is -2.30. The largest absolute Gasteiger partial charge is 0.462 e. The molecular formula is C49H82O6. The fourth-order valence-corrected chi connectivity index (χ4v) is 5.80. The lowest BCUT2D eigenvalue weighted by atomic mass is 10.1. The van der Waals surface area contributed by atoms with Gasteiger partial charge in [-0.05, 0) is 89.9 Å². The topological polar surface area (TPSA) is 78.9 Å². The van der Waals surface area contributed by atoms with Gasteiger partial charge >= 0.3 is 17.9 Å². The highest BCUT2D eigenvalue weighted by Crippen LogP contribution is 2.12. The van der Waals surface area contributed by atoms with Crippen molar-refractivity contribution >= 4 is 17.9 Å². The summed E-state index contributed by atoms with van der Waals surface area (Å²) in [6, 6.07) is 0. The van der Waals surface area contributed by atoms with Gasteiger partial charge in [-0.3, -0.25) is 14.4 Å². The number of hydrogen-bond donors (Lipinski definition) is 0. The van der Waals surface area contributed by atoms with Gasteiger partial charge in [0.05, 0.1) is 0 Å². The van der Waals surface area contributed by atoms with E-state index >= 15 is 0 Å². The van der Waals surface area contributed by atoms with E-state index in [2.05, 4.69) is 81.5 Å². The van der Waals surface area contributed by atoms with Gasteiger partial charge in [-0.15, -0.1) is 0 Å². The van der Waals surface area contributed by atoms with Crippen molar-refractivity contribution in [1.29, 1.82) is 0 Å². The van der Waals surface area contributed by atoms with E-state index in [0.29, 0.717) is 19.3 Å². The summed E-state index contributed by atoms with van der Waals surface area (Å²) in [6.45, 7) is 6.35. The normalized spacial score (nSPS) is 12.7. The second kappa shape index (κ2) is 43.6. The minimum absolute atomic E-state index is 0.112. The Balaban J connectivity index is 4.50. The van der Waals surface area contributed by atoms with Crippen molar-refractivity contribution in [3.05, 3.63) is 72.9 Å². The summed E-state index contributed by atoms with van der Waals surface area (Å²) in [4.78, 5) is 37.6. The first-order valence-electron chi connectivity index (χ1n) is 22.4. The van der Waals surface area contributed by atoms with Crippen molar-refractivity contribution in [1.82, 2.24) is 0 Å². The van der Waals surface area contributed by atoms with Crippen molar-refractivity contribution in [2.45, 2.75) is 207 Å². The molecule has 0 N–H and O–H groups in total. The van der Waals surface area contributed by atoms with Crippen LogP contribution in [-0.2, 0) is 28.6 Å². The molecule has 0 fully saturated rings. The molecular weight excluding hydrogens is 685 g/mol. The summed E-state index contributed by atoms with van der Waals surface area (Å²) in [7, 11) is 0. The van der Waals surface area contributed by atoms with E-state index < -0.39 is 12.1 Å². The molecule has 0 rings (SSSR count). The van der Waals surface area contributed by atoms with E-state index in [1.54, 1.807) is 0 Å². The van der Waals surface area contributed by atoms with E-state index in [1.807, 2.05) is 12.2 Å². The first kappa shape index (κ1) is 51.9. The molecule has 314 valence electrons. The molecule has 1 unspecified atom stereocenters. The molecule has 0 aliphatic heterocycles. The zero-order chi connectivity index (χ0) is 40.1. The Hall–Kier alpha value is -3.15. The van der Waals surface area contributed by atoms with E-state index in [9.17, 15) is 14.4 Å². The van der Waals surface area contributed by atoms with Crippen LogP contribution < -0.4 is 0 Å². The smallest absolute Gasteiger partial charge is 0.306 e. The highest BCUT2D eigenvalue weighted by Gasteiger charge is 2.19. The van der Waals surface area contributed by atoms with Gasteiger partial charge in [-0.1, -0.05) is 164 Å². The van der Waals surface area contributed by atoms with Crippen LogP contribution in [0.5, 0.6) is 0 Å². The number of rotatable bonds is 39. The number of unbranched alkanes of at least 4 members (excludes halogenated alkanes) is 16. The number of carbonyl (C=O) groups excluding carboxylic acids is 3. The molecule has 0 spiro atoms. The quantitative estimate of drug-likeness (QED) is 0.0268. The summed E-state index contributed by atoms with van der Waals surface area (Å²) in [5.41, 5.74) is 0. The second-order valence-corrected chi connectivity index (χ2v) is 14.6. The number of allylic oxidation sites excluding steroid dienone is 12. The van der Waals surface area contributed by atoms with Crippen LogP contribution in [0.3, 0.4) is 0 Å². The molecule has 55 heavy (non-hydrogen) atoms. The van der Waals surface area contributed by atoms with E-state index in [-0.39, 0.29) is 31.6 Å². The van der Waals surface area contributed by atoms with Gasteiger partial charge in [0.25, 0.3) is 0 Å². The molecule has 0 aliphatic carbocycles. The lowest BCUT2D eigenvalue weighted by molar-refractivity contribution is -0.166. The predicted molar refractivity (Wildman–Crippen MR) is 233 cm³/mol. The lowest BCUT2D eigenvalue weighted by Gasteiger charge is -2.18. The van der Waals surface area contributed by atoms with Crippen molar-refractivity contribution in [2.75, 3.05) is 13.2 Å². The standard InChI is InChI=1S/C49H82O6/c1-4-7-10-13-16-19-22-24-26-27-30-33-36-39-42-48(51)54-45-46(44-53-47(50)41-38-35-32-29-21-18-15-12-9-6-3)55-49(52)43-40-37-34-31-28-25-23-20-17-14-11-8-5-2/h8,11-12,15,17,20,22,24-25,28,34,37,46H,4-7,9-10,13-14,16,18-19,21,23,26-27,29-33,35-36,38-45H2,1-3H3/b11-8-,15-12-,20-17-,24-22-,28-25-,37-34-. The van der Waals surface area contributed by atoms with Crippen LogP contribution in [0.15, 0.2) is 72.9 Å². The number of carbonyl (C=O) groups is 3. The van der Waals surface area contributed by atoms with Crippen LogP contribution in [0.1, 0.15) is 201 Å². The average molecular weight is 767 g/mol. The molecule has 0 amide bonds. The minimum Gasteiger partial charge on any atom is -0.462 e. The van der Waals surface area contributed by atoms with E-state index in [0.717, 1.165) is 96.3 Å². The van der Waals surface area contributed by atoms with Crippen LogP contribution in [0.2, 0.25) is 0 Å². The van der Waals surface area contributed by atoms with Crippen LogP contribution in [0, 0.1) is 0 Å². The summed E-state index contributed by atoms with van der Waals surface area (Å²) in [5.74, 6) is -1.02. The van der Waals surface area contributed by atoms with Gasteiger partial charge in [-0.25, -0.2) is 0 Å². The maximum absolute atomic E-state index is 12.7. The number of hydrogen-bond acceptors (Lipinski definition) is 6. The SMILES string of the molecule is CC/C=C\C/C=C\C/C=C\C/C=C\CCC(=O)OC(COC(=O)CCCCCCC/C=C\CCC)COC(=O)CCCCCCC/C=C\CCCCCCC. The van der Waals surface area contributed by atoms with Gasteiger partial charge in [0.1, 0.15) is 13.2 Å². The molecule has 0 aromatic rings. The molecule has 6 heteroatoms. The van der Waals surface area contributed by atoms with Crippen LogP contribution in [-0.4, -0.2) is 37.2 Å². The zero-order valence-corrected chi connectivity index (χ0v) is 35.7. The third-order valence-corrected chi connectivity index (χ3v) is 9.16. The predicted octanol–water partition coefficient (Wildman–Crippen LogP) is 14.3. The van der Waals surface area contributed by atoms with Crippen molar-refractivity contribution in [3.8, 4) is 0 Å². The Morgan fingerprint density at radius 1 is 0.382 bits per heavy atom. The van der Waals surface area contributed by atoms with Gasteiger partial charge < -0.3 is 14.2 Å². The molecule has 1 atom stereocenters. The highest BCUT2D eigenvalue weighted by atomic mass is 16.6. The Kier molecular flexibility index (Phi) is 41.1. The van der Waals surface area contributed by atoms with Crippen LogP contribution in [0.4, 0.5) is 0 Å². The fourth-order valence-electron chi connectivity index (χ4n) is 5.80. The van der Waals surface area contributed by atoms with Gasteiger partial charge in [0.2, 0.25) is 0 Å². The van der Waals surface area contributed by atoms with Gasteiger partial charge in [0, 0.05) is 19.3 Å². The fraction of sp³-hybridized carbons (Fsp3) is 0.694. The first-order chi connectivity index (χ1) is 27.0. The molecule has 0 bridgehead atoms. The van der Waals surface area contributed by atoms with E-state index in [4.69, 9.17) is 14.2 Å². The number of esters is 3. The molecule has 6 nitrogen and oxygen atoms in total. The van der Waals surface area contributed by atoms with Crippen LogP contribution in [0.25, 0.3) is 0 Å². The Morgan fingerprint density at radius 2 is 0.782 bits per heavy atom. The molecule has 0 saturated heterocycles. The Morgan fingerprint density at radius 3 is 1.25 bits per heavy atom. The zero-order valence-electron chi connectivity index (χ0n) is 35.7. The van der Waals surface area contributed by atoms with Gasteiger partial charge in [-0.2, -0.15) is 0 Å². The third kappa shape index (κ3) is 41.8. The van der Waals surface area contributed by atoms with Crippen molar-refractivity contribution in [3.63, 3.8) is 0 Å². The maximum Gasteiger partial charge on any atom is 0.306 e. The Bertz CT molecular complexity index is 1070. The third-order valence-electron chi connectivity index (χ3n) is 9.16. The minimum atomic E-state index is -0.817. The molecule has 0 heterocycles.